The van der Waals surface area contributed by atoms with E-state index >= 15 is 0 Å². The van der Waals surface area contributed by atoms with Crippen molar-refractivity contribution in [3.8, 4) is 0 Å². The van der Waals surface area contributed by atoms with Crippen LogP contribution in [0.5, 0.6) is 0 Å². The number of pyridine rings is 1. The molecule has 0 fully saturated rings. The third-order valence-electron chi connectivity index (χ3n) is 2.28. The summed E-state index contributed by atoms with van der Waals surface area (Å²) in [5.74, 6) is -0.125. The summed E-state index contributed by atoms with van der Waals surface area (Å²) in [5, 5.41) is 3.27. The third kappa shape index (κ3) is 5.34. The highest BCUT2D eigenvalue weighted by atomic mass is 16.5. The average molecular weight is 222 g/mol. The van der Waals surface area contributed by atoms with E-state index in [0.717, 1.165) is 31.5 Å². The van der Waals surface area contributed by atoms with Crippen LogP contribution in [0.4, 0.5) is 5.69 Å². The van der Waals surface area contributed by atoms with E-state index in [0.29, 0.717) is 6.42 Å². The second kappa shape index (κ2) is 7.68. The fourth-order valence-corrected chi connectivity index (χ4v) is 1.37. The molecular weight excluding hydrogens is 204 g/mol. The first-order chi connectivity index (χ1) is 7.83. The Bertz CT molecular complexity index is 301. The summed E-state index contributed by atoms with van der Waals surface area (Å²) >= 11 is 0. The number of rotatable bonds is 7. The van der Waals surface area contributed by atoms with Crippen LogP contribution in [-0.2, 0) is 9.53 Å². The standard InChI is InChI=1S/C12H18N2O2/c1-16-12(15)7-3-2-4-9-14-11-6-5-8-13-10-11/h5-6,8,10,14H,2-4,7,9H2,1H3. The quantitative estimate of drug-likeness (QED) is 0.567. The Morgan fingerprint density at radius 2 is 2.31 bits per heavy atom. The smallest absolute Gasteiger partial charge is 0.305 e. The molecule has 0 saturated carbocycles. The van der Waals surface area contributed by atoms with Crippen molar-refractivity contribution in [1.29, 1.82) is 0 Å². The van der Waals surface area contributed by atoms with Crippen molar-refractivity contribution in [3.05, 3.63) is 24.5 Å². The van der Waals surface area contributed by atoms with Gasteiger partial charge in [-0.2, -0.15) is 0 Å². The van der Waals surface area contributed by atoms with Crippen LogP contribution in [-0.4, -0.2) is 24.6 Å². The van der Waals surface area contributed by atoms with E-state index in [1.54, 1.807) is 12.4 Å². The van der Waals surface area contributed by atoms with Gasteiger partial charge in [0, 0.05) is 25.4 Å². The molecule has 4 heteroatoms. The van der Waals surface area contributed by atoms with Crippen LogP contribution in [0.2, 0.25) is 0 Å². The van der Waals surface area contributed by atoms with Crippen molar-refractivity contribution in [2.24, 2.45) is 0 Å². The molecule has 0 aromatic carbocycles. The molecule has 0 radical (unpaired) electrons. The number of carbonyl (C=O) groups is 1. The number of hydrogen-bond donors (Lipinski definition) is 1. The first-order valence-corrected chi connectivity index (χ1v) is 5.53. The average Bonchev–Trinajstić information content (AvgIpc) is 2.34. The van der Waals surface area contributed by atoms with Crippen LogP contribution in [0.15, 0.2) is 24.5 Å². The first kappa shape index (κ1) is 12.5. The highest BCUT2D eigenvalue weighted by Gasteiger charge is 1.98. The highest BCUT2D eigenvalue weighted by molar-refractivity contribution is 5.68. The molecule has 0 amide bonds. The molecule has 0 atom stereocenters. The van der Waals surface area contributed by atoms with Crippen LogP contribution in [0.1, 0.15) is 25.7 Å². The molecule has 0 spiro atoms. The lowest BCUT2D eigenvalue weighted by molar-refractivity contribution is -0.140. The molecule has 1 heterocycles. The molecule has 0 unspecified atom stereocenters. The number of unbranched alkanes of at least 4 members (excludes halogenated alkanes) is 2. The summed E-state index contributed by atoms with van der Waals surface area (Å²) in [6.45, 7) is 0.910. The Balaban J connectivity index is 1.98. The lowest BCUT2D eigenvalue weighted by atomic mass is 10.2. The van der Waals surface area contributed by atoms with Crippen molar-refractivity contribution < 1.29 is 9.53 Å². The molecule has 0 bridgehead atoms. The molecule has 0 saturated heterocycles. The number of ether oxygens (including phenoxy) is 1. The zero-order valence-electron chi connectivity index (χ0n) is 9.61. The van der Waals surface area contributed by atoms with Gasteiger partial charge >= 0.3 is 5.97 Å². The number of carbonyl (C=O) groups excluding carboxylic acids is 1. The van der Waals surface area contributed by atoms with Crippen molar-refractivity contribution in [2.75, 3.05) is 19.0 Å². The Labute approximate surface area is 96.0 Å². The molecule has 1 aromatic heterocycles. The van der Waals surface area contributed by atoms with Crippen LogP contribution in [0, 0.1) is 0 Å². The van der Waals surface area contributed by atoms with Gasteiger partial charge in [0.05, 0.1) is 12.8 Å². The summed E-state index contributed by atoms with van der Waals surface area (Å²) in [4.78, 5) is 14.8. The molecule has 0 aliphatic rings. The van der Waals surface area contributed by atoms with Gasteiger partial charge in [0.25, 0.3) is 0 Å². The zero-order chi connectivity index (χ0) is 11.6. The number of nitrogens with one attached hydrogen (secondary N) is 1. The minimum atomic E-state index is -0.125. The molecule has 1 rings (SSSR count). The molecule has 16 heavy (non-hydrogen) atoms. The normalized spacial score (nSPS) is 9.81. The maximum absolute atomic E-state index is 10.8. The Kier molecular flexibility index (Phi) is 5.99. The summed E-state index contributed by atoms with van der Waals surface area (Å²) in [6.07, 6.45) is 7.04. The number of methoxy groups -OCH3 is 1. The monoisotopic (exact) mass is 222 g/mol. The van der Waals surface area contributed by atoms with Gasteiger partial charge in [-0.3, -0.25) is 9.78 Å². The van der Waals surface area contributed by atoms with Gasteiger partial charge in [0.1, 0.15) is 0 Å². The maximum Gasteiger partial charge on any atom is 0.305 e. The van der Waals surface area contributed by atoms with Crippen molar-refractivity contribution in [2.45, 2.75) is 25.7 Å². The number of aromatic nitrogens is 1. The molecule has 4 nitrogen and oxygen atoms in total. The topological polar surface area (TPSA) is 51.2 Å². The van der Waals surface area contributed by atoms with Crippen LogP contribution < -0.4 is 5.32 Å². The predicted octanol–water partition coefficient (Wildman–Crippen LogP) is 2.23. The fraction of sp³-hybridized carbons (Fsp3) is 0.500. The second-order valence-electron chi connectivity index (χ2n) is 3.56. The van der Waals surface area contributed by atoms with Gasteiger partial charge in [-0.05, 0) is 25.0 Å². The van der Waals surface area contributed by atoms with Crippen LogP contribution >= 0.6 is 0 Å². The summed E-state index contributed by atoms with van der Waals surface area (Å²) in [6, 6.07) is 3.89. The SMILES string of the molecule is COC(=O)CCCCCNc1cccnc1. The second-order valence-corrected chi connectivity index (χ2v) is 3.56. The largest absolute Gasteiger partial charge is 0.469 e. The third-order valence-corrected chi connectivity index (χ3v) is 2.28. The summed E-state index contributed by atoms with van der Waals surface area (Å²) in [5.41, 5.74) is 1.04. The van der Waals surface area contributed by atoms with E-state index in [1.807, 2.05) is 12.1 Å². The number of esters is 1. The van der Waals surface area contributed by atoms with Gasteiger partial charge in [0.15, 0.2) is 0 Å². The summed E-state index contributed by atoms with van der Waals surface area (Å²) in [7, 11) is 1.42. The minimum Gasteiger partial charge on any atom is -0.469 e. The number of anilines is 1. The zero-order valence-corrected chi connectivity index (χ0v) is 9.61. The molecule has 0 aliphatic heterocycles. The minimum absolute atomic E-state index is 0.125. The van der Waals surface area contributed by atoms with E-state index in [-0.39, 0.29) is 5.97 Å². The summed E-state index contributed by atoms with van der Waals surface area (Å²) < 4.78 is 4.56. The molecule has 88 valence electrons. The van der Waals surface area contributed by atoms with E-state index in [1.165, 1.54) is 7.11 Å². The van der Waals surface area contributed by atoms with Crippen molar-refractivity contribution >= 4 is 11.7 Å². The van der Waals surface area contributed by atoms with Crippen LogP contribution in [0.25, 0.3) is 0 Å². The molecule has 0 aliphatic carbocycles. The van der Waals surface area contributed by atoms with Gasteiger partial charge < -0.3 is 10.1 Å². The van der Waals surface area contributed by atoms with E-state index in [4.69, 9.17) is 0 Å². The van der Waals surface area contributed by atoms with E-state index in [2.05, 4.69) is 15.0 Å². The van der Waals surface area contributed by atoms with E-state index < -0.39 is 0 Å². The van der Waals surface area contributed by atoms with E-state index in [9.17, 15) is 4.79 Å². The van der Waals surface area contributed by atoms with Gasteiger partial charge in [-0.15, -0.1) is 0 Å². The lowest BCUT2D eigenvalue weighted by Gasteiger charge is -2.04. The lowest BCUT2D eigenvalue weighted by Crippen LogP contribution is -2.03. The Hall–Kier alpha value is -1.58. The van der Waals surface area contributed by atoms with Crippen molar-refractivity contribution in [1.82, 2.24) is 4.98 Å². The Morgan fingerprint density at radius 3 is 3.00 bits per heavy atom. The predicted molar refractivity (Wildman–Crippen MR) is 63.2 cm³/mol. The number of hydrogen-bond acceptors (Lipinski definition) is 4. The number of nitrogens with zero attached hydrogens (tertiary/aromatic N) is 1. The molecule has 1 N–H and O–H groups in total. The van der Waals surface area contributed by atoms with Gasteiger partial charge in [-0.1, -0.05) is 6.42 Å². The fourth-order valence-electron chi connectivity index (χ4n) is 1.37. The molecular formula is C12H18N2O2. The maximum atomic E-state index is 10.8. The highest BCUT2D eigenvalue weighted by Crippen LogP contribution is 2.05. The van der Waals surface area contributed by atoms with Crippen LogP contribution in [0.3, 0.4) is 0 Å². The first-order valence-electron chi connectivity index (χ1n) is 5.53. The Morgan fingerprint density at radius 1 is 1.44 bits per heavy atom. The molecule has 1 aromatic rings. The van der Waals surface area contributed by atoms with Gasteiger partial charge in [0.2, 0.25) is 0 Å². The van der Waals surface area contributed by atoms with Gasteiger partial charge in [-0.25, -0.2) is 0 Å². The van der Waals surface area contributed by atoms with Crippen molar-refractivity contribution in [3.63, 3.8) is 0 Å².